The third kappa shape index (κ3) is 7.28. The third-order valence-corrected chi connectivity index (χ3v) is 6.57. The highest BCUT2D eigenvalue weighted by atomic mass is 32.2. The lowest BCUT2D eigenvalue weighted by Crippen LogP contribution is -2.52. The van der Waals surface area contributed by atoms with Crippen molar-refractivity contribution in [1.82, 2.24) is 10.2 Å². The Morgan fingerprint density at radius 2 is 1.67 bits per heavy atom. The number of carbonyl (C=O) groups excluding carboxylic acids is 2. The number of amides is 2. The van der Waals surface area contributed by atoms with Crippen molar-refractivity contribution >= 4 is 27.5 Å². The molecule has 0 bridgehead atoms. The molecule has 0 aromatic heterocycles. The largest absolute Gasteiger partial charge is 0.352 e. The van der Waals surface area contributed by atoms with Crippen LogP contribution in [0.4, 0.5) is 10.1 Å². The Labute approximate surface area is 195 Å². The van der Waals surface area contributed by atoms with Crippen LogP contribution in [0.25, 0.3) is 0 Å². The van der Waals surface area contributed by atoms with Crippen LogP contribution in [0.5, 0.6) is 0 Å². The van der Waals surface area contributed by atoms with Crippen LogP contribution >= 0.6 is 0 Å². The van der Waals surface area contributed by atoms with E-state index < -0.39 is 34.3 Å². The van der Waals surface area contributed by atoms with Gasteiger partial charge in [-0.3, -0.25) is 13.9 Å². The number of carbonyl (C=O) groups is 2. The van der Waals surface area contributed by atoms with Gasteiger partial charge < -0.3 is 10.2 Å². The van der Waals surface area contributed by atoms with Gasteiger partial charge in [-0.05, 0) is 44.9 Å². The van der Waals surface area contributed by atoms with E-state index in [9.17, 15) is 22.4 Å². The highest BCUT2D eigenvalue weighted by Crippen LogP contribution is 2.22. The van der Waals surface area contributed by atoms with Gasteiger partial charge in [-0.25, -0.2) is 12.8 Å². The van der Waals surface area contributed by atoms with Crippen LogP contribution < -0.4 is 9.62 Å². The van der Waals surface area contributed by atoms with Crippen LogP contribution in [0.2, 0.25) is 0 Å². The number of anilines is 1. The van der Waals surface area contributed by atoms with Crippen molar-refractivity contribution in [2.24, 2.45) is 0 Å². The summed E-state index contributed by atoms with van der Waals surface area (Å²) in [5.74, 6) is -1.72. The van der Waals surface area contributed by atoms with E-state index in [-0.39, 0.29) is 24.2 Å². The quantitative estimate of drug-likeness (QED) is 0.569. The van der Waals surface area contributed by atoms with E-state index in [1.54, 1.807) is 6.92 Å². The number of nitrogens with one attached hydrogen (secondary N) is 1. The van der Waals surface area contributed by atoms with Crippen LogP contribution in [-0.4, -0.2) is 50.0 Å². The molecule has 0 fully saturated rings. The first-order chi connectivity index (χ1) is 15.4. The number of hydrogen-bond donors (Lipinski definition) is 1. The SMILES string of the molecule is CC[C@@H](C)NC(=O)[C@H](C)N(Cc1ccc(C)cc1)C(=O)CN(c1ccccc1F)S(C)(=O)=O. The molecule has 180 valence electrons. The minimum absolute atomic E-state index is 0.0813. The number of sulfonamides is 1. The van der Waals surface area contributed by atoms with Gasteiger partial charge in [-0.1, -0.05) is 48.9 Å². The van der Waals surface area contributed by atoms with Crippen LogP contribution in [0.15, 0.2) is 48.5 Å². The fraction of sp³-hybridized carbons (Fsp3) is 0.417. The molecule has 0 aliphatic carbocycles. The Balaban J connectivity index is 2.39. The molecule has 2 rings (SSSR count). The van der Waals surface area contributed by atoms with Gasteiger partial charge in [-0.2, -0.15) is 0 Å². The molecule has 0 unspecified atom stereocenters. The molecule has 7 nitrogen and oxygen atoms in total. The maximum Gasteiger partial charge on any atom is 0.244 e. The minimum atomic E-state index is -3.97. The molecule has 0 heterocycles. The second-order valence-corrected chi connectivity index (χ2v) is 10.1. The molecule has 9 heteroatoms. The first-order valence-electron chi connectivity index (χ1n) is 10.8. The first-order valence-corrected chi connectivity index (χ1v) is 12.7. The van der Waals surface area contributed by atoms with E-state index >= 15 is 0 Å². The molecule has 0 radical (unpaired) electrons. The van der Waals surface area contributed by atoms with E-state index in [2.05, 4.69) is 5.32 Å². The topological polar surface area (TPSA) is 86.8 Å². The molecule has 2 atom stereocenters. The zero-order valence-corrected chi connectivity index (χ0v) is 20.5. The average Bonchev–Trinajstić information content (AvgIpc) is 2.76. The number of rotatable bonds is 10. The molecule has 2 aromatic rings. The van der Waals surface area contributed by atoms with Gasteiger partial charge in [0.15, 0.2) is 0 Å². The summed E-state index contributed by atoms with van der Waals surface area (Å²) in [5.41, 5.74) is 1.61. The lowest BCUT2D eigenvalue weighted by atomic mass is 10.1. The van der Waals surface area contributed by atoms with Crippen molar-refractivity contribution in [1.29, 1.82) is 0 Å². The summed E-state index contributed by atoms with van der Waals surface area (Å²) in [6.45, 7) is 6.80. The molecule has 0 saturated carbocycles. The lowest BCUT2D eigenvalue weighted by Gasteiger charge is -2.32. The van der Waals surface area contributed by atoms with Crippen molar-refractivity contribution in [3.63, 3.8) is 0 Å². The van der Waals surface area contributed by atoms with Gasteiger partial charge in [0.2, 0.25) is 21.8 Å². The summed E-state index contributed by atoms with van der Waals surface area (Å²) in [6.07, 6.45) is 1.63. The van der Waals surface area contributed by atoms with E-state index in [1.165, 1.54) is 23.1 Å². The van der Waals surface area contributed by atoms with Gasteiger partial charge in [0.1, 0.15) is 18.4 Å². The highest BCUT2D eigenvalue weighted by molar-refractivity contribution is 7.92. The number of aryl methyl sites for hydroxylation is 1. The Morgan fingerprint density at radius 3 is 2.21 bits per heavy atom. The second-order valence-electron chi connectivity index (χ2n) is 8.22. The lowest BCUT2D eigenvalue weighted by molar-refractivity contribution is -0.139. The van der Waals surface area contributed by atoms with Crippen molar-refractivity contribution in [2.75, 3.05) is 17.1 Å². The van der Waals surface area contributed by atoms with Gasteiger partial charge in [0.25, 0.3) is 0 Å². The number of nitrogens with zero attached hydrogens (tertiary/aromatic N) is 2. The molecule has 0 aliphatic heterocycles. The van der Waals surface area contributed by atoms with E-state index in [1.807, 2.05) is 45.0 Å². The number of para-hydroxylation sites is 1. The normalized spacial score (nSPS) is 13.2. The van der Waals surface area contributed by atoms with Crippen molar-refractivity contribution in [3.8, 4) is 0 Å². The zero-order chi connectivity index (χ0) is 24.8. The molecule has 2 amide bonds. The van der Waals surface area contributed by atoms with E-state index in [0.717, 1.165) is 34.2 Å². The summed E-state index contributed by atoms with van der Waals surface area (Å²) in [5, 5.41) is 2.86. The molecule has 33 heavy (non-hydrogen) atoms. The van der Waals surface area contributed by atoms with Crippen LogP contribution in [0, 0.1) is 12.7 Å². The number of benzene rings is 2. The van der Waals surface area contributed by atoms with Gasteiger partial charge in [0, 0.05) is 12.6 Å². The highest BCUT2D eigenvalue weighted by Gasteiger charge is 2.31. The Morgan fingerprint density at radius 1 is 1.06 bits per heavy atom. The average molecular weight is 478 g/mol. The van der Waals surface area contributed by atoms with Gasteiger partial charge in [-0.15, -0.1) is 0 Å². The van der Waals surface area contributed by atoms with Crippen molar-refractivity contribution in [2.45, 2.75) is 52.7 Å². The van der Waals surface area contributed by atoms with Gasteiger partial charge >= 0.3 is 0 Å². The summed E-state index contributed by atoms with van der Waals surface area (Å²) in [7, 11) is -3.97. The summed E-state index contributed by atoms with van der Waals surface area (Å²) in [6, 6.07) is 11.9. The minimum Gasteiger partial charge on any atom is -0.352 e. The maximum absolute atomic E-state index is 14.4. The Hall–Kier alpha value is -2.94. The molecular formula is C24H32FN3O4S. The predicted molar refractivity (Wildman–Crippen MR) is 128 cm³/mol. The number of hydrogen-bond acceptors (Lipinski definition) is 4. The predicted octanol–water partition coefficient (Wildman–Crippen LogP) is 3.23. The first kappa shape index (κ1) is 26.3. The summed E-state index contributed by atoms with van der Waals surface area (Å²) >= 11 is 0. The van der Waals surface area contributed by atoms with Crippen LogP contribution in [-0.2, 0) is 26.2 Å². The Kier molecular flexibility index (Phi) is 8.99. The third-order valence-electron chi connectivity index (χ3n) is 5.44. The van der Waals surface area contributed by atoms with E-state index in [4.69, 9.17) is 0 Å². The van der Waals surface area contributed by atoms with Crippen LogP contribution in [0.1, 0.15) is 38.3 Å². The smallest absolute Gasteiger partial charge is 0.244 e. The van der Waals surface area contributed by atoms with Crippen molar-refractivity contribution < 1.29 is 22.4 Å². The molecule has 0 aliphatic rings. The molecule has 2 aromatic carbocycles. The molecule has 0 saturated heterocycles. The summed E-state index contributed by atoms with van der Waals surface area (Å²) < 4.78 is 40.0. The van der Waals surface area contributed by atoms with Gasteiger partial charge in [0.05, 0.1) is 11.9 Å². The standard InChI is InChI=1S/C24H32FN3O4S/c1-6-18(3)26-24(30)19(4)27(15-20-13-11-17(2)12-14-20)23(29)16-28(33(5,31)32)22-10-8-7-9-21(22)25/h7-14,18-19H,6,15-16H2,1-5H3,(H,26,30)/t18-,19+/m1/s1. The van der Waals surface area contributed by atoms with E-state index in [0.29, 0.717) is 0 Å². The second kappa shape index (κ2) is 11.3. The zero-order valence-electron chi connectivity index (χ0n) is 19.7. The Bertz CT molecular complexity index is 1070. The molecule has 1 N–H and O–H groups in total. The fourth-order valence-corrected chi connectivity index (χ4v) is 4.04. The maximum atomic E-state index is 14.4. The molecular weight excluding hydrogens is 445 g/mol. The monoisotopic (exact) mass is 477 g/mol. The number of halogens is 1. The summed E-state index contributed by atoms with van der Waals surface area (Å²) in [4.78, 5) is 27.5. The molecule has 0 spiro atoms. The van der Waals surface area contributed by atoms with Crippen LogP contribution in [0.3, 0.4) is 0 Å². The van der Waals surface area contributed by atoms with Crippen molar-refractivity contribution in [3.05, 3.63) is 65.5 Å². The fourth-order valence-electron chi connectivity index (χ4n) is 3.19.